The van der Waals surface area contributed by atoms with E-state index in [1.165, 1.54) is 0 Å². The highest BCUT2D eigenvalue weighted by atomic mass is 32.2. The van der Waals surface area contributed by atoms with Gasteiger partial charge in [-0.15, -0.1) is 0 Å². The van der Waals surface area contributed by atoms with Crippen molar-refractivity contribution >= 4 is 9.84 Å². The van der Waals surface area contributed by atoms with Crippen molar-refractivity contribution in [2.45, 2.75) is 17.1 Å². The molecule has 0 aromatic heterocycles. The number of benzene rings is 3. The first-order chi connectivity index (χ1) is 11.1. The van der Waals surface area contributed by atoms with Gasteiger partial charge in [-0.3, -0.25) is 0 Å². The molecule has 2 nitrogen and oxygen atoms in total. The second-order valence-electron chi connectivity index (χ2n) is 5.51. The molecule has 3 heteroatoms. The van der Waals surface area contributed by atoms with Crippen LogP contribution >= 0.6 is 0 Å². The molecule has 0 unspecified atom stereocenters. The summed E-state index contributed by atoms with van der Waals surface area (Å²) < 4.78 is 26.6. The molecule has 0 bridgehead atoms. The zero-order valence-electron chi connectivity index (χ0n) is 12.9. The molecule has 0 saturated heterocycles. The van der Waals surface area contributed by atoms with E-state index in [2.05, 4.69) is 0 Å². The molecule has 0 aliphatic heterocycles. The Labute approximate surface area is 137 Å². The van der Waals surface area contributed by atoms with Crippen LogP contribution in [0, 0.1) is 6.92 Å². The molecule has 0 radical (unpaired) electrons. The number of aryl methyl sites for hydroxylation is 1. The van der Waals surface area contributed by atoms with Crippen LogP contribution in [0.15, 0.2) is 89.8 Å². The molecule has 0 spiro atoms. The predicted molar refractivity (Wildman–Crippen MR) is 93.1 cm³/mol. The van der Waals surface area contributed by atoms with Crippen molar-refractivity contribution in [2.24, 2.45) is 0 Å². The van der Waals surface area contributed by atoms with Crippen molar-refractivity contribution in [3.63, 3.8) is 0 Å². The molecule has 0 N–H and O–H groups in total. The van der Waals surface area contributed by atoms with Crippen LogP contribution in [0.2, 0.25) is 0 Å². The lowest BCUT2D eigenvalue weighted by atomic mass is 10.0. The van der Waals surface area contributed by atoms with Gasteiger partial charge in [0.2, 0.25) is 0 Å². The summed E-state index contributed by atoms with van der Waals surface area (Å²) in [7, 11) is -3.53. The van der Waals surface area contributed by atoms with Crippen LogP contribution in [0.4, 0.5) is 0 Å². The summed E-state index contributed by atoms with van der Waals surface area (Å²) in [6, 6.07) is 25.7. The fourth-order valence-electron chi connectivity index (χ4n) is 2.78. The molecule has 0 fully saturated rings. The molecule has 0 aliphatic rings. The maximum absolute atomic E-state index is 13.3. The largest absolute Gasteiger partial charge is 0.223 e. The van der Waals surface area contributed by atoms with Crippen molar-refractivity contribution in [1.29, 1.82) is 0 Å². The molecule has 0 saturated carbocycles. The minimum atomic E-state index is -3.53. The molecule has 0 amide bonds. The normalized spacial score (nSPS) is 12.7. The summed E-state index contributed by atoms with van der Waals surface area (Å²) in [6.07, 6.45) is 0. The quantitative estimate of drug-likeness (QED) is 0.706. The predicted octanol–water partition coefficient (Wildman–Crippen LogP) is 4.56. The van der Waals surface area contributed by atoms with E-state index in [9.17, 15) is 8.42 Å². The van der Waals surface area contributed by atoms with Gasteiger partial charge in [0.05, 0.1) is 4.90 Å². The number of hydrogen-bond donors (Lipinski definition) is 0. The maximum atomic E-state index is 13.3. The van der Waals surface area contributed by atoms with E-state index >= 15 is 0 Å². The lowest BCUT2D eigenvalue weighted by Crippen LogP contribution is -2.16. The maximum Gasteiger partial charge on any atom is 0.189 e. The Kier molecular flexibility index (Phi) is 4.30. The fraction of sp³-hybridized carbons (Fsp3) is 0.100. The average molecular weight is 322 g/mol. The van der Waals surface area contributed by atoms with E-state index < -0.39 is 15.1 Å². The highest BCUT2D eigenvalue weighted by Gasteiger charge is 2.31. The highest BCUT2D eigenvalue weighted by Crippen LogP contribution is 2.36. The molecule has 116 valence electrons. The second kappa shape index (κ2) is 6.39. The summed E-state index contributed by atoms with van der Waals surface area (Å²) in [5.41, 5.74) is 2.58. The van der Waals surface area contributed by atoms with E-state index in [1.54, 1.807) is 24.3 Å². The number of sulfone groups is 1. The van der Waals surface area contributed by atoms with Gasteiger partial charge in [0.1, 0.15) is 5.25 Å². The third-order valence-electron chi connectivity index (χ3n) is 3.96. The highest BCUT2D eigenvalue weighted by molar-refractivity contribution is 7.91. The van der Waals surface area contributed by atoms with Crippen molar-refractivity contribution < 1.29 is 8.42 Å². The molecule has 3 rings (SSSR count). The summed E-state index contributed by atoms with van der Waals surface area (Å²) >= 11 is 0. The van der Waals surface area contributed by atoms with Gasteiger partial charge in [-0.05, 0) is 35.7 Å². The van der Waals surface area contributed by atoms with Crippen LogP contribution in [0.1, 0.15) is 21.9 Å². The smallest absolute Gasteiger partial charge is 0.189 e. The molecular formula is C20H18O2S. The molecule has 3 aromatic carbocycles. The zero-order valence-corrected chi connectivity index (χ0v) is 13.7. The van der Waals surface area contributed by atoms with E-state index in [-0.39, 0.29) is 0 Å². The van der Waals surface area contributed by atoms with Gasteiger partial charge in [-0.2, -0.15) is 0 Å². The van der Waals surface area contributed by atoms with Crippen molar-refractivity contribution in [2.75, 3.05) is 0 Å². The average Bonchev–Trinajstić information content (AvgIpc) is 2.58. The lowest BCUT2D eigenvalue weighted by Gasteiger charge is -2.20. The van der Waals surface area contributed by atoms with Crippen LogP contribution in [0.3, 0.4) is 0 Å². The third kappa shape index (κ3) is 3.06. The Hall–Kier alpha value is -2.39. The van der Waals surface area contributed by atoms with Gasteiger partial charge in [-0.25, -0.2) is 8.42 Å². The first-order valence-corrected chi connectivity index (χ1v) is 9.05. The SMILES string of the molecule is Cc1ccccc1[C@H](c1ccccc1)S(=O)(=O)c1ccccc1. The van der Waals surface area contributed by atoms with Crippen LogP contribution in [-0.2, 0) is 9.84 Å². The van der Waals surface area contributed by atoms with Gasteiger partial charge in [0.25, 0.3) is 0 Å². The number of hydrogen-bond acceptors (Lipinski definition) is 2. The lowest BCUT2D eigenvalue weighted by molar-refractivity contribution is 0.589. The van der Waals surface area contributed by atoms with Crippen LogP contribution in [0.5, 0.6) is 0 Å². The van der Waals surface area contributed by atoms with Gasteiger partial charge in [0, 0.05) is 0 Å². The van der Waals surface area contributed by atoms with Crippen LogP contribution in [0.25, 0.3) is 0 Å². The minimum Gasteiger partial charge on any atom is -0.223 e. The van der Waals surface area contributed by atoms with Gasteiger partial charge in [-0.1, -0.05) is 72.8 Å². The van der Waals surface area contributed by atoms with Crippen molar-refractivity contribution in [3.8, 4) is 0 Å². The van der Waals surface area contributed by atoms with E-state index in [4.69, 9.17) is 0 Å². The van der Waals surface area contributed by atoms with E-state index in [0.29, 0.717) is 4.90 Å². The zero-order chi connectivity index (χ0) is 16.3. The third-order valence-corrected chi connectivity index (χ3v) is 6.03. The Bertz CT molecular complexity index is 885. The molecule has 0 aliphatic carbocycles. The monoisotopic (exact) mass is 322 g/mol. The molecule has 3 aromatic rings. The van der Waals surface area contributed by atoms with Crippen LogP contribution in [-0.4, -0.2) is 8.42 Å². The second-order valence-corrected chi connectivity index (χ2v) is 7.54. The van der Waals surface area contributed by atoms with Gasteiger partial charge < -0.3 is 0 Å². The standard InChI is InChI=1S/C20H18O2S/c1-16-10-8-9-15-19(16)20(17-11-4-2-5-12-17)23(21,22)18-13-6-3-7-14-18/h2-15,20H,1H3/t20-/m0/s1. The van der Waals surface area contributed by atoms with Crippen molar-refractivity contribution in [1.82, 2.24) is 0 Å². The van der Waals surface area contributed by atoms with Crippen LogP contribution < -0.4 is 0 Å². The Morgan fingerprint density at radius 2 is 1.22 bits per heavy atom. The van der Waals surface area contributed by atoms with Crippen molar-refractivity contribution in [3.05, 3.63) is 102 Å². The van der Waals surface area contributed by atoms with Gasteiger partial charge >= 0.3 is 0 Å². The summed E-state index contributed by atoms with van der Waals surface area (Å²) in [5.74, 6) is 0. The first kappa shape index (κ1) is 15.5. The Morgan fingerprint density at radius 3 is 1.83 bits per heavy atom. The summed E-state index contributed by atoms with van der Waals surface area (Å²) in [5, 5.41) is -0.702. The molecular weight excluding hydrogens is 304 g/mol. The number of rotatable bonds is 4. The van der Waals surface area contributed by atoms with E-state index in [0.717, 1.165) is 16.7 Å². The van der Waals surface area contributed by atoms with Gasteiger partial charge in [0.15, 0.2) is 9.84 Å². The first-order valence-electron chi connectivity index (χ1n) is 7.50. The minimum absolute atomic E-state index is 0.345. The topological polar surface area (TPSA) is 34.1 Å². The van der Waals surface area contributed by atoms with E-state index in [1.807, 2.05) is 67.6 Å². The molecule has 0 heterocycles. The summed E-state index contributed by atoms with van der Waals surface area (Å²) in [4.78, 5) is 0.345. The summed E-state index contributed by atoms with van der Waals surface area (Å²) in [6.45, 7) is 1.95. The molecule has 1 atom stereocenters. The Balaban J connectivity index is 2.24. The Morgan fingerprint density at radius 1 is 0.696 bits per heavy atom. The molecule has 23 heavy (non-hydrogen) atoms. The fourth-order valence-corrected chi connectivity index (χ4v) is 4.70.